The molecule has 1 N–H and O–H groups in total. The zero-order chi connectivity index (χ0) is 17.9. The van der Waals surface area contributed by atoms with Gasteiger partial charge in [-0.3, -0.25) is 9.88 Å². The number of ether oxygens (including phenoxy) is 1. The summed E-state index contributed by atoms with van der Waals surface area (Å²) in [7, 11) is 0. The van der Waals surface area contributed by atoms with E-state index >= 15 is 0 Å². The van der Waals surface area contributed by atoms with Crippen molar-refractivity contribution in [1.29, 1.82) is 0 Å². The molecule has 0 unspecified atom stereocenters. The largest absolute Gasteiger partial charge is 0.455 e. The van der Waals surface area contributed by atoms with Crippen molar-refractivity contribution in [3.05, 3.63) is 83.1 Å². The second-order valence-corrected chi connectivity index (χ2v) is 6.36. The Morgan fingerprint density at radius 1 is 1.15 bits per heavy atom. The summed E-state index contributed by atoms with van der Waals surface area (Å²) < 4.78 is 6.01. The number of para-hydroxylation sites is 1. The van der Waals surface area contributed by atoms with Crippen LogP contribution in [-0.2, 0) is 13.1 Å². The molecule has 2 amide bonds. The number of urea groups is 1. The Morgan fingerprint density at radius 2 is 2.04 bits per heavy atom. The van der Waals surface area contributed by atoms with Crippen LogP contribution < -0.4 is 15.0 Å². The smallest absolute Gasteiger partial charge is 0.322 e. The number of nitrogens with one attached hydrogen (secondary N) is 1. The lowest BCUT2D eigenvalue weighted by Gasteiger charge is -2.22. The maximum atomic E-state index is 12.9. The summed E-state index contributed by atoms with van der Waals surface area (Å²) in [6.45, 7) is 0.782. The van der Waals surface area contributed by atoms with Crippen molar-refractivity contribution in [3.8, 4) is 11.5 Å². The molecule has 0 saturated heterocycles. The van der Waals surface area contributed by atoms with Gasteiger partial charge in [-0.2, -0.15) is 0 Å². The second-order valence-electron chi connectivity index (χ2n) is 5.93. The van der Waals surface area contributed by atoms with Crippen LogP contribution in [0.4, 0.5) is 10.5 Å². The molecule has 2 heterocycles. The van der Waals surface area contributed by atoms with Crippen LogP contribution in [0.15, 0.2) is 67.0 Å². The molecule has 2 aromatic carbocycles. The molecule has 130 valence electrons. The number of halogens is 1. The van der Waals surface area contributed by atoms with E-state index in [1.54, 1.807) is 35.5 Å². The number of anilines is 1. The number of carbonyl (C=O) groups excluding carboxylic acids is 1. The molecule has 0 radical (unpaired) electrons. The van der Waals surface area contributed by atoms with Crippen LogP contribution >= 0.6 is 11.6 Å². The van der Waals surface area contributed by atoms with Crippen molar-refractivity contribution in [2.45, 2.75) is 13.1 Å². The highest BCUT2D eigenvalue weighted by molar-refractivity contribution is 6.31. The van der Waals surface area contributed by atoms with E-state index in [1.807, 2.05) is 36.4 Å². The molecule has 3 aromatic rings. The number of aromatic nitrogens is 1. The predicted molar refractivity (Wildman–Crippen MR) is 101 cm³/mol. The molecule has 4 rings (SSSR count). The highest BCUT2D eigenvalue weighted by Crippen LogP contribution is 2.40. The molecule has 1 aliphatic heterocycles. The number of benzene rings is 2. The first kappa shape index (κ1) is 16.4. The van der Waals surface area contributed by atoms with E-state index < -0.39 is 0 Å². The van der Waals surface area contributed by atoms with E-state index in [-0.39, 0.29) is 6.03 Å². The minimum atomic E-state index is -0.224. The lowest BCUT2D eigenvalue weighted by atomic mass is 10.2. The molecule has 0 bridgehead atoms. The summed E-state index contributed by atoms with van der Waals surface area (Å²) in [4.78, 5) is 18.6. The first-order valence-corrected chi connectivity index (χ1v) is 8.58. The van der Waals surface area contributed by atoms with Crippen molar-refractivity contribution in [2.24, 2.45) is 0 Å². The summed E-state index contributed by atoms with van der Waals surface area (Å²) in [5, 5.41) is 3.48. The van der Waals surface area contributed by atoms with Crippen LogP contribution in [0.2, 0.25) is 5.02 Å². The lowest BCUT2D eigenvalue weighted by Crippen LogP contribution is -2.39. The topological polar surface area (TPSA) is 54.5 Å². The number of rotatable bonds is 2. The molecular formula is C20H16ClN3O2. The third-order valence-corrected chi connectivity index (χ3v) is 4.38. The molecule has 0 atom stereocenters. The minimum absolute atomic E-state index is 0.224. The zero-order valence-corrected chi connectivity index (χ0v) is 14.6. The van der Waals surface area contributed by atoms with Crippen LogP contribution in [0.1, 0.15) is 11.1 Å². The van der Waals surface area contributed by atoms with Gasteiger partial charge in [0, 0.05) is 29.5 Å². The third kappa shape index (κ3) is 3.34. The fourth-order valence-electron chi connectivity index (χ4n) is 2.85. The fraction of sp³-hybridized carbons (Fsp3) is 0.100. The Morgan fingerprint density at radius 3 is 2.88 bits per heavy atom. The van der Waals surface area contributed by atoms with Gasteiger partial charge in [-0.05, 0) is 35.9 Å². The minimum Gasteiger partial charge on any atom is -0.455 e. The summed E-state index contributed by atoms with van der Waals surface area (Å²) in [5.41, 5.74) is 2.49. The standard InChI is InChI=1S/C20H16ClN3O2/c21-16-7-8-19-17(10-16)24(13-15-5-1-2-6-18(15)26-19)20(25)23-12-14-4-3-9-22-11-14/h1-11H,12-13H2,(H,23,25). The highest BCUT2D eigenvalue weighted by atomic mass is 35.5. The molecule has 26 heavy (non-hydrogen) atoms. The van der Waals surface area contributed by atoms with E-state index in [1.165, 1.54) is 0 Å². The van der Waals surface area contributed by atoms with Gasteiger partial charge >= 0.3 is 6.03 Å². The van der Waals surface area contributed by atoms with Gasteiger partial charge in [0.25, 0.3) is 0 Å². The van der Waals surface area contributed by atoms with Gasteiger partial charge < -0.3 is 10.1 Å². The van der Waals surface area contributed by atoms with Crippen LogP contribution in [0, 0.1) is 0 Å². The van der Waals surface area contributed by atoms with E-state index in [0.29, 0.717) is 29.5 Å². The Bertz CT molecular complexity index is 947. The molecule has 5 nitrogen and oxygen atoms in total. The van der Waals surface area contributed by atoms with E-state index in [9.17, 15) is 4.79 Å². The molecule has 6 heteroatoms. The van der Waals surface area contributed by atoms with Gasteiger partial charge in [-0.15, -0.1) is 0 Å². The maximum absolute atomic E-state index is 12.9. The Kier molecular flexibility index (Phi) is 4.46. The number of hydrogen-bond acceptors (Lipinski definition) is 3. The molecule has 0 spiro atoms. The first-order valence-electron chi connectivity index (χ1n) is 8.20. The third-order valence-electron chi connectivity index (χ3n) is 4.14. The van der Waals surface area contributed by atoms with Crippen molar-refractivity contribution in [2.75, 3.05) is 4.90 Å². The van der Waals surface area contributed by atoms with Crippen molar-refractivity contribution >= 4 is 23.3 Å². The number of nitrogens with zero attached hydrogens (tertiary/aromatic N) is 2. The summed E-state index contributed by atoms with van der Waals surface area (Å²) in [6, 6.07) is 16.5. The zero-order valence-electron chi connectivity index (χ0n) is 13.9. The summed E-state index contributed by atoms with van der Waals surface area (Å²) >= 11 is 6.16. The van der Waals surface area contributed by atoms with Crippen LogP contribution in [0.25, 0.3) is 0 Å². The Labute approximate surface area is 156 Å². The van der Waals surface area contributed by atoms with E-state index in [4.69, 9.17) is 16.3 Å². The lowest BCUT2D eigenvalue weighted by molar-refractivity contribution is 0.245. The molecule has 1 aromatic heterocycles. The summed E-state index contributed by atoms with van der Waals surface area (Å²) in [6.07, 6.45) is 3.43. The van der Waals surface area contributed by atoms with E-state index in [0.717, 1.165) is 16.9 Å². The number of carbonyl (C=O) groups is 1. The van der Waals surface area contributed by atoms with Crippen molar-refractivity contribution < 1.29 is 9.53 Å². The first-order chi connectivity index (χ1) is 12.7. The average Bonchev–Trinajstić information content (AvgIpc) is 2.83. The number of pyridine rings is 1. The molecule has 0 saturated carbocycles. The van der Waals surface area contributed by atoms with Gasteiger partial charge in [0.05, 0.1) is 12.2 Å². The van der Waals surface area contributed by atoms with Gasteiger partial charge in [-0.25, -0.2) is 4.79 Å². The van der Waals surface area contributed by atoms with Crippen LogP contribution in [-0.4, -0.2) is 11.0 Å². The highest BCUT2D eigenvalue weighted by Gasteiger charge is 2.25. The molecule has 0 aliphatic carbocycles. The normalized spacial score (nSPS) is 12.4. The number of fused-ring (bicyclic) bond motifs is 2. The van der Waals surface area contributed by atoms with Gasteiger partial charge in [-0.1, -0.05) is 35.9 Å². The molecular weight excluding hydrogens is 350 g/mol. The number of hydrogen-bond donors (Lipinski definition) is 1. The quantitative estimate of drug-likeness (QED) is 0.712. The van der Waals surface area contributed by atoms with Crippen molar-refractivity contribution in [1.82, 2.24) is 10.3 Å². The van der Waals surface area contributed by atoms with Crippen molar-refractivity contribution in [3.63, 3.8) is 0 Å². The monoisotopic (exact) mass is 365 g/mol. The van der Waals surface area contributed by atoms with Gasteiger partial charge in [0.2, 0.25) is 0 Å². The van der Waals surface area contributed by atoms with Gasteiger partial charge in [0.15, 0.2) is 5.75 Å². The summed E-state index contributed by atoms with van der Waals surface area (Å²) in [5.74, 6) is 1.33. The molecule has 0 fully saturated rings. The maximum Gasteiger partial charge on any atom is 0.322 e. The van der Waals surface area contributed by atoms with Gasteiger partial charge in [0.1, 0.15) is 5.75 Å². The predicted octanol–water partition coefficient (Wildman–Crippen LogP) is 4.76. The van der Waals surface area contributed by atoms with E-state index in [2.05, 4.69) is 10.3 Å². The number of amides is 2. The SMILES string of the molecule is O=C(NCc1cccnc1)N1Cc2ccccc2Oc2ccc(Cl)cc21. The van der Waals surface area contributed by atoms with Crippen LogP contribution in [0.5, 0.6) is 11.5 Å². The second kappa shape index (κ2) is 7.06. The average molecular weight is 366 g/mol. The Balaban J connectivity index is 1.65. The van der Waals surface area contributed by atoms with Crippen LogP contribution in [0.3, 0.4) is 0 Å². The molecule has 1 aliphatic rings. The Hall–Kier alpha value is -3.05. The fourth-order valence-corrected chi connectivity index (χ4v) is 3.02.